The Labute approximate surface area is 165 Å². The molecular weight excluding hydrogens is 338 g/mol. The molecule has 0 radical (unpaired) electrons. The first-order chi connectivity index (χ1) is 13.1. The van der Waals surface area contributed by atoms with E-state index in [1.54, 1.807) is 7.11 Å². The van der Waals surface area contributed by atoms with Gasteiger partial charge >= 0.3 is 0 Å². The molecule has 6 heteroatoms. The Morgan fingerprint density at radius 1 is 1.30 bits per heavy atom. The van der Waals surface area contributed by atoms with Crippen molar-refractivity contribution in [3.05, 3.63) is 24.3 Å². The summed E-state index contributed by atoms with van der Waals surface area (Å²) >= 11 is 0. The van der Waals surface area contributed by atoms with Crippen LogP contribution in [0.4, 0.5) is 5.69 Å². The smallest absolute Gasteiger partial charge is 0.191 e. The van der Waals surface area contributed by atoms with Crippen molar-refractivity contribution in [2.75, 3.05) is 51.3 Å². The molecule has 1 aliphatic rings. The summed E-state index contributed by atoms with van der Waals surface area (Å²) in [5.74, 6) is 1.86. The summed E-state index contributed by atoms with van der Waals surface area (Å²) in [4.78, 5) is 9.66. The molecule has 0 aromatic heterocycles. The number of methoxy groups -OCH3 is 1. The van der Waals surface area contributed by atoms with Crippen LogP contribution in [-0.2, 0) is 0 Å². The lowest BCUT2D eigenvalue weighted by molar-refractivity contribution is 0.237. The lowest BCUT2D eigenvalue weighted by atomic mass is 10.2. The molecule has 2 unspecified atom stereocenters. The Bertz CT molecular complexity index is 588. The molecule has 0 spiro atoms. The normalized spacial score (nSPS) is 18.7. The van der Waals surface area contributed by atoms with Gasteiger partial charge in [0, 0.05) is 31.7 Å². The van der Waals surface area contributed by atoms with Crippen LogP contribution in [0.1, 0.15) is 34.1 Å². The number of ether oxygens (including phenoxy) is 1. The number of anilines is 1. The van der Waals surface area contributed by atoms with Gasteiger partial charge in [0.1, 0.15) is 5.75 Å². The highest BCUT2D eigenvalue weighted by Crippen LogP contribution is 2.30. The van der Waals surface area contributed by atoms with E-state index in [0.717, 1.165) is 57.4 Å². The van der Waals surface area contributed by atoms with Crippen LogP contribution in [-0.4, -0.2) is 69.3 Å². The van der Waals surface area contributed by atoms with Gasteiger partial charge in [0.25, 0.3) is 0 Å². The number of hydrogen-bond acceptors (Lipinski definition) is 4. The Balaban J connectivity index is 1.96. The number of nitrogens with one attached hydrogen (secondary N) is 2. The monoisotopic (exact) mass is 375 g/mol. The van der Waals surface area contributed by atoms with Crippen LogP contribution in [0.2, 0.25) is 0 Å². The maximum atomic E-state index is 5.52. The summed E-state index contributed by atoms with van der Waals surface area (Å²) in [7, 11) is 1.73. The molecule has 0 aliphatic carbocycles. The predicted molar refractivity (Wildman–Crippen MR) is 115 cm³/mol. The zero-order valence-electron chi connectivity index (χ0n) is 17.7. The lowest BCUT2D eigenvalue weighted by Gasteiger charge is -2.25. The maximum Gasteiger partial charge on any atom is 0.191 e. The van der Waals surface area contributed by atoms with E-state index in [1.165, 1.54) is 5.69 Å². The summed E-state index contributed by atoms with van der Waals surface area (Å²) in [6, 6.07) is 9.07. The van der Waals surface area contributed by atoms with Gasteiger partial charge < -0.3 is 20.3 Å². The van der Waals surface area contributed by atoms with Gasteiger partial charge in [-0.15, -0.1) is 0 Å². The fraction of sp³-hybridized carbons (Fsp3) is 0.667. The van der Waals surface area contributed by atoms with Crippen molar-refractivity contribution in [1.29, 1.82) is 0 Å². The number of nitrogens with zero attached hydrogens (tertiary/aromatic N) is 3. The third-order valence-corrected chi connectivity index (χ3v) is 5.25. The van der Waals surface area contributed by atoms with Crippen molar-refractivity contribution < 1.29 is 4.74 Å². The molecule has 1 heterocycles. The average molecular weight is 376 g/mol. The van der Waals surface area contributed by atoms with Crippen molar-refractivity contribution in [2.24, 2.45) is 4.99 Å². The van der Waals surface area contributed by atoms with Crippen LogP contribution in [0.25, 0.3) is 0 Å². The highest BCUT2D eigenvalue weighted by molar-refractivity contribution is 5.80. The quantitative estimate of drug-likeness (QED) is 0.513. The molecule has 27 heavy (non-hydrogen) atoms. The highest BCUT2D eigenvalue weighted by atomic mass is 16.5. The molecule has 1 aromatic carbocycles. The number of aliphatic imine (C=N–C) groups is 1. The van der Waals surface area contributed by atoms with Crippen LogP contribution in [0.3, 0.4) is 0 Å². The first-order valence-electron chi connectivity index (χ1n) is 10.3. The molecule has 2 N–H and O–H groups in total. The molecular formula is C21H37N5O. The number of para-hydroxylation sites is 2. The van der Waals surface area contributed by atoms with Gasteiger partial charge in [-0.25, -0.2) is 0 Å². The van der Waals surface area contributed by atoms with Gasteiger partial charge in [-0.05, 0) is 45.5 Å². The van der Waals surface area contributed by atoms with Crippen molar-refractivity contribution in [3.8, 4) is 5.75 Å². The highest BCUT2D eigenvalue weighted by Gasteiger charge is 2.25. The van der Waals surface area contributed by atoms with E-state index >= 15 is 0 Å². The van der Waals surface area contributed by atoms with Gasteiger partial charge in [-0.1, -0.05) is 26.0 Å². The molecule has 2 rings (SSSR count). The zero-order valence-corrected chi connectivity index (χ0v) is 17.7. The summed E-state index contributed by atoms with van der Waals surface area (Å²) in [6.45, 7) is 14.6. The molecule has 6 nitrogen and oxygen atoms in total. The van der Waals surface area contributed by atoms with Crippen molar-refractivity contribution in [2.45, 2.75) is 46.2 Å². The molecule has 2 atom stereocenters. The first-order valence-corrected chi connectivity index (χ1v) is 10.3. The van der Waals surface area contributed by atoms with E-state index < -0.39 is 0 Å². The lowest BCUT2D eigenvalue weighted by Crippen LogP contribution is -2.45. The largest absolute Gasteiger partial charge is 0.495 e. The summed E-state index contributed by atoms with van der Waals surface area (Å²) in [5, 5.41) is 7.02. The van der Waals surface area contributed by atoms with Crippen LogP contribution in [0, 0.1) is 0 Å². The van der Waals surface area contributed by atoms with E-state index in [-0.39, 0.29) is 0 Å². The zero-order chi connectivity index (χ0) is 19.6. The van der Waals surface area contributed by atoms with Crippen molar-refractivity contribution >= 4 is 11.6 Å². The topological polar surface area (TPSA) is 52.1 Å². The standard InChI is InChI=1S/C21H37N5O/c1-6-22-21(23-15-17(4)25(7-2)8-3)24-18-13-14-26(16-18)19-11-9-10-12-20(19)27-5/h9-12,17-18H,6-8,13-16H2,1-5H3,(H2,22,23,24). The molecule has 0 bridgehead atoms. The van der Waals surface area contributed by atoms with Gasteiger partial charge in [0.05, 0.1) is 19.3 Å². The average Bonchev–Trinajstić information content (AvgIpc) is 3.15. The van der Waals surface area contributed by atoms with Crippen LogP contribution in [0.5, 0.6) is 5.75 Å². The number of rotatable bonds is 9. The van der Waals surface area contributed by atoms with E-state index in [2.05, 4.69) is 60.3 Å². The molecule has 0 saturated carbocycles. The second-order valence-corrected chi connectivity index (χ2v) is 7.04. The third-order valence-electron chi connectivity index (χ3n) is 5.25. The first kappa shape index (κ1) is 21.4. The molecule has 1 saturated heterocycles. The molecule has 152 valence electrons. The third kappa shape index (κ3) is 6.03. The van der Waals surface area contributed by atoms with E-state index in [0.29, 0.717) is 12.1 Å². The van der Waals surface area contributed by atoms with E-state index in [9.17, 15) is 0 Å². The fourth-order valence-corrected chi connectivity index (χ4v) is 3.69. The molecule has 1 aliphatic heterocycles. The minimum absolute atomic E-state index is 0.386. The number of benzene rings is 1. The Morgan fingerprint density at radius 2 is 2.04 bits per heavy atom. The number of hydrogen-bond donors (Lipinski definition) is 2. The molecule has 1 aromatic rings. The number of likely N-dealkylation sites (N-methyl/N-ethyl adjacent to an activating group) is 1. The van der Waals surface area contributed by atoms with Crippen LogP contribution in [0.15, 0.2) is 29.3 Å². The Kier molecular flexibility index (Phi) is 8.72. The minimum atomic E-state index is 0.386. The van der Waals surface area contributed by atoms with Crippen LogP contribution < -0.4 is 20.3 Å². The van der Waals surface area contributed by atoms with Gasteiger partial charge in [0.15, 0.2) is 5.96 Å². The fourth-order valence-electron chi connectivity index (χ4n) is 3.69. The Hall–Kier alpha value is -1.95. The number of guanidine groups is 1. The molecule has 0 amide bonds. The minimum Gasteiger partial charge on any atom is -0.495 e. The Morgan fingerprint density at radius 3 is 2.70 bits per heavy atom. The second-order valence-electron chi connectivity index (χ2n) is 7.04. The SMILES string of the molecule is CCNC(=NCC(C)N(CC)CC)NC1CCN(c2ccccc2OC)C1. The second kappa shape index (κ2) is 11.0. The van der Waals surface area contributed by atoms with Crippen molar-refractivity contribution in [1.82, 2.24) is 15.5 Å². The predicted octanol–water partition coefficient (Wildman–Crippen LogP) is 2.56. The molecule has 1 fully saturated rings. The van der Waals surface area contributed by atoms with Crippen molar-refractivity contribution in [3.63, 3.8) is 0 Å². The maximum absolute atomic E-state index is 5.52. The summed E-state index contributed by atoms with van der Waals surface area (Å²) in [5.41, 5.74) is 1.17. The van der Waals surface area contributed by atoms with Crippen LogP contribution >= 0.6 is 0 Å². The summed E-state index contributed by atoms with van der Waals surface area (Å²) < 4.78 is 5.52. The summed E-state index contributed by atoms with van der Waals surface area (Å²) in [6.07, 6.45) is 1.09. The van der Waals surface area contributed by atoms with Gasteiger partial charge in [-0.2, -0.15) is 0 Å². The van der Waals surface area contributed by atoms with E-state index in [4.69, 9.17) is 9.73 Å². The van der Waals surface area contributed by atoms with E-state index in [1.807, 2.05) is 12.1 Å². The van der Waals surface area contributed by atoms with Gasteiger partial charge in [0.2, 0.25) is 0 Å². The van der Waals surface area contributed by atoms with Gasteiger partial charge in [-0.3, -0.25) is 9.89 Å².